The summed E-state index contributed by atoms with van der Waals surface area (Å²) >= 11 is 0. The molecule has 0 saturated carbocycles. The number of pyridine rings is 1. The summed E-state index contributed by atoms with van der Waals surface area (Å²) in [5.74, 6) is 0.740. The maximum absolute atomic E-state index is 5.68. The van der Waals surface area contributed by atoms with Crippen molar-refractivity contribution in [2.75, 3.05) is 6.54 Å². The van der Waals surface area contributed by atoms with Crippen molar-refractivity contribution >= 4 is 0 Å². The third-order valence-corrected chi connectivity index (χ3v) is 2.17. The number of aromatic nitrogens is 1. The lowest BCUT2D eigenvalue weighted by atomic mass is 9.97. The summed E-state index contributed by atoms with van der Waals surface area (Å²) in [6, 6.07) is 4.00. The molecule has 0 fully saturated rings. The lowest BCUT2D eigenvalue weighted by Crippen LogP contribution is -2.26. The fourth-order valence-corrected chi connectivity index (χ4v) is 1.46. The van der Waals surface area contributed by atoms with Gasteiger partial charge >= 0.3 is 0 Å². The Morgan fingerprint density at radius 1 is 1.35 bits per heavy atom. The first-order valence-corrected chi connectivity index (χ1v) is 6.20. The number of ether oxygens (including phenoxy) is 1. The molecule has 0 radical (unpaired) electrons. The SMILES string of the molecule is CC(C)Oc1ncccc1CNCC(C)(C)C. The monoisotopic (exact) mass is 236 g/mol. The Balaban J connectivity index is 2.58. The highest BCUT2D eigenvalue weighted by molar-refractivity contribution is 5.25. The van der Waals surface area contributed by atoms with Crippen molar-refractivity contribution in [3.05, 3.63) is 23.9 Å². The Hall–Kier alpha value is -1.09. The highest BCUT2D eigenvalue weighted by Gasteiger charge is 2.11. The van der Waals surface area contributed by atoms with Gasteiger partial charge in [0.05, 0.1) is 6.10 Å². The molecule has 96 valence electrons. The Bertz CT molecular complexity index is 342. The van der Waals surface area contributed by atoms with Crippen LogP contribution < -0.4 is 10.1 Å². The molecule has 0 unspecified atom stereocenters. The van der Waals surface area contributed by atoms with Gasteiger partial charge in [0, 0.05) is 24.8 Å². The second-order valence-electron chi connectivity index (χ2n) is 5.80. The Morgan fingerprint density at radius 3 is 2.65 bits per heavy atom. The first-order chi connectivity index (χ1) is 7.88. The van der Waals surface area contributed by atoms with Crippen LogP contribution in [0.15, 0.2) is 18.3 Å². The van der Waals surface area contributed by atoms with Crippen LogP contribution in [0.5, 0.6) is 5.88 Å². The van der Waals surface area contributed by atoms with Gasteiger partial charge in [0.1, 0.15) is 0 Å². The molecule has 3 nitrogen and oxygen atoms in total. The van der Waals surface area contributed by atoms with E-state index in [2.05, 4.69) is 37.1 Å². The summed E-state index contributed by atoms with van der Waals surface area (Å²) in [6.45, 7) is 12.5. The molecular formula is C14H24N2O. The molecule has 0 aliphatic rings. The highest BCUT2D eigenvalue weighted by atomic mass is 16.5. The first kappa shape index (κ1) is 14.0. The van der Waals surface area contributed by atoms with Gasteiger partial charge < -0.3 is 10.1 Å². The second kappa shape index (κ2) is 6.01. The summed E-state index contributed by atoms with van der Waals surface area (Å²) in [4.78, 5) is 4.27. The Kier molecular flexibility index (Phi) is 4.94. The average molecular weight is 236 g/mol. The summed E-state index contributed by atoms with van der Waals surface area (Å²) in [5, 5.41) is 3.44. The lowest BCUT2D eigenvalue weighted by molar-refractivity contribution is 0.229. The topological polar surface area (TPSA) is 34.1 Å². The molecule has 0 bridgehead atoms. The van der Waals surface area contributed by atoms with E-state index >= 15 is 0 Å². The van der Waals surface area contributed by atoms with Gasteiger partial charge in [-0.15, -0.1) is 0 Å². The number of nitrogens with zero attached hydrogens (tertiary/aromatic N) is 1. The van der Waals surface area contributed by atoms with Crippen molar-refractivity contribution in [1.29, 1.82) is 0 Å². The minimum Gasteiger partial charge on any atom is -0.475 e. The predicted molar refractivity (Wildman–Crippen MR) is 71.2 cm³/mol. The first-order valence-electron chi connectivity index (χ1n) is 6.20. The van der Waals surface area contributed by atoms with Crippen LogP contribution >= 0.6 is 0 Å². The van der Waals surface area contributed by atoms with E-state index < -0.39 is 0 Å². The van der Waals surface area contributed by atoms with Crippen LogP contribution in [0.1, 0.15) is 40.2 Å². The van der Waals surface area contributed by atoms with E-state index in [-0.39, 0.29) is 6.10 Å². The molecule has 1 aromatic heterocycles. The molecule has 1 aromatic rings. The van der Waals surface area contributed by atoms with E-state index in [9.17, 15) is 0 Å². The predicted octanol–water partition coefficient (Wildman–Crippen LogP) is 3.00. The number of nitrogens with one attached hydrogen (secondary N) is 1. The molecule has 0 atom stereocenters. The van der Waals surface area contributed by atoms with Gasteiger partial charge in [0.15, 0.2) is 0 Å². The average Bonchev–Trinajstić information content (AvgIpc) is 2.18. The van der Waals surface area contributed by atoms with Crippen LogP contribution in [0.3, 0.4) is 0 Å². The molecule has 0 saturated heterocycles. The van der Waals surface area contributed by atoms with Crippen molar-refractivity contribution in [3.8, 4) is 5.88 Å². The van der Waals surface area contributed by atoms with E-state index in [0.717, 1.165) is 24.5 Å². The third kappa shape index (κ3) is 5.68. The van der Waals surface area contributed by atoms with Gasteiger partial charge in [0.2, 0.25) is 5.88 Å². The molecule has 1 N–H and O–H groups in total. The largest absolute Gasteiger partial charge is 0.475 e. The van der Waals surface area contributed by atoms with Crippen LogP contribution in [-0.2, 0) is 6.54 Å². The van der Waals surface area contributed by atoms with Crippen molar-refractivity contribution in [2.45, 2.75) is 47.3 Å². The van der Waals surface area contributed by atoms with Crippen LogP contribution in [0.2, 0.25) is 0 Å². The van der Waals surface area contributed by atoms with Crippen LogP contribution in [0.4, 0.5) is 0 Å². The zero-order valence-electron chi connectivity index (χ0n) is 11.6. The molecule has 17 heavy (non-hydrogen) atoms. The minimum atomic E-state index is 0.159. The van der Waals surface area contributed by atoms with Crippen molar-refractivity contribution < 1.29 is 4.74 Å². The molecule has 0 aliphatic heterocycles. The maximum Gasteiger partial charge on any atom is 0.218 e. The van der Waals surface area contributed by atoms with Crippen LogP contribution in [0.25, 0.3) is 0 Å². The van der Waals surface area contributed by atoms with Gasteiger partial charge in [-0.2, -0.15) is 0 Å². The van der Waals surface area contributed by atoms with E-state index in [0.29, 0.717) is 5.41 Å². The summed E-state index contributed by atoms with van der Waals surface area (Å²) < 4.78 is 5.68. The van der Waals surface area contributed by atoms with Gasteiger partial charge in [-0.1, -0.05) is 26.8 Å². The molecule has 0 amide bonds. The molecule has 0 spiro atoms. The molecular weight excluding hydrogens is 212 g/mol. The van der Waals surface area contributed by atoms with Gasteiger partial charge in [-0.3, -0.25) is 0 Å². The highest BCUT2D eigenvalue weighted by Crippen LogP contribution is 2.16. The van der Waals surface area contributed by atoms with E-state index in [1.807, 2.05) is 19.9 Å². The van der Waals surface area contributed by atoms with Crippen molar-refractivity contribution in [1.82, 2.24) is 10.3 Å². The Morgan fingerprint density at radius 2 is 2.06 bits per heavy atom. The standard InChI is InChI=1S/C14H24N2O/c1-11(2)17-13-12(7-6-8-16-13)9-15-10-14(3,4)5/h6-8,11,15H,9-10H2,1-5H3. The molecule has 0 aromatic carbocycles. The summed E-state index contributed by atoms with van der Waals surface area (Å²) in [7, 11) is 0. The summed E-state index contributed by atoms with van der Waals surface area (Å²) in [5.41, 5.74) is 1.41. The second-order valence-corrected chi connectivity index (χ2v) is 5.80. The fraction of sp³-hybridized carbons (Fsp3) is 0.643. The molecule has 1 rings (SSSR count). The van der Waals surface area contributed by atoms with Crippen LogP contribution in [0, 0.1) is 5.41 Å². The zero-order chi connectivity index (χ0) is 12.9. The quantitative estimate of drug-likeness (QED) is 0.853. The van der Waals surface area contributed by atoms with E-state index in [1.165, 1.54) is 0 Å². The number of rotatable bonds is 5. The van der Waals surface area contributed by atoms with Crippen molar-refractivity contribution in [2.24, 2.45) is 5.41 Å². The number of hydrogen-bond acceptors (Lipinski definition) is 3. The smallest absolute Gasteiger partial charge is 0.218 e. The summed E-state index contributed by atoms with van der Waals surface area (Å²) in [6.07, 6.45) is 1.93. The van der Waals surface area contributed by atoms with E-state index in [1.54, 1.807) is 6.20 Å². The number of hydrogen-bond donors (Lipinski definition) is 1. The van der Waals surface area contributed by atoms with Gasteiger partial charge in [-0.25, -0.2) is 4.98 Å². The van der Waals surface area contributed by atoms with Crippen molar-refractivity contribution in [3.63, 3.8) is 0 Å². The fourth-order valence-electron chi connectivity index (χ4n) is 1.46. The minimum absolute atomic E-state index is 0.159. The Labute approximate surface area is 105 Å². The molecule has 3 heteroatoms. The normalized spacial score (nSPS) is 11.9. The lowest BCUT2D eigenvalue weighted by Gasteiger charge is -2.19. The van der Waals surface area contributed by atoms with E-state index in [4.69, 9.17) is 4.74 Å². The molecule has 1 heterocycles. The van der Waals surface area contributed by atoms with Gasteiger partial charge in [-0.05, 0) is 25.3 Å². The van der Waals surface area contributed by atoms with Gasteiger partial charge in [0.25, 0.3) is 0 Å². The zero-order valence-corrected chi connectivity index (χ0v) is 11.6. The van der Waals surface area contributed by atoms with Crippen LogP contribution in [-0.4, -0.2) is 17.6 Å². The third-order valence-electron chi connectivity index (χ3n) is 2.17. The molecule has 0 aliphatic carbocycles. The maximum atomic E-state index is 5.68.